The Morgan fingerprint density at radius 1 is 1.10 bits per heavy atom. The van der Waals surface area contributed by atoms with Crippen LogP contribution in [-0.2, 0) is 13.0 Å². The number of nitrogens with zero attached hydrogens (tertiary/aromatic N) is 1. The number of halogens is 2. The molecule has 1 heterocycles. The second kappa shape index (κ2) is 5.64. The van der Waals surface area contributed by atoms with Crippen molar-refractivity contribution in [3.05, 3.63) is 71.0 Å². The van der Waals surface area contributed by atoms with Crippen molar-refractivity contribution < 1.29 is 13.6 Å². The van der Waals surface area contributed by atoms with Crippen molar-refractivity contribution in [3.63, 3.8) is 0 Å². The number of carbonyl (C=O) groups is 1. The minimum Gasteiger partial charge on any atom is -0.328 e. The van der Waals surface area contributed by atoms with E-state index in [1.807, 2.05) is 24.3 Å². The summed E-state index contributed by atoms with van der Waals surface area (Å²) in [5.74, 6) is -0.648. The number of amides is 1. The molecule has 0 saturated heterocycles. The van der Waals surface area contributed by atoms with E-state index in [0.29, 0.717) is 18.5 Å². The van der Waals surface area contributed by atoms with E-state index in [-0.39, 0.29) is 5.91 Å². The molecule has 4 heteroatoms. The van der Waals surface area contributed by atoms with Gasteiger partial charge in [-0.3, -0.25) is 4.79 Å². The summed E-state index contributed by atoms with van der Waals surface area (Å²) >= 11 is 0. The van der Waals surface area contributed by atoms with Gasteiger partial charge in [0.2, 0.25) is 0 Å². The summed E-state index contributed by atoms with van der Waals surface area (Å²) in [6.45, 7) is -0.192. The molecule has 0 unspecified atom stereocenters. The van der Waals surface area contributed by atoms with E-state index >= 15 is 0 Å². The molecule has 0 bridgehead atoms. The van der Waals surface area contributed by atoms with E-state index in [0.717, 1.165) is 11.1 Å². The van der Waals surface area contributed by atoms with E-state index < -0.39 is 18.5 Å². The van der Waals surface area contributed by atoms with Crippen LogP contribution in [0, 0.1) is 5.82 Å². The molecule has 0 spiro atoms. The fourth-order valence-corrected chi connectivity index (χ4v) is 2.72. The van der Waals surface area contributed by atoms with Crippen LogP contribution in [0.5, 0.6) is 0 Å². The number of alkyl halides is 1. The van der Waals surface area contributed by atoms with Gasteiger partial charge >= 0.3 is 0 Å². The van der Waals surface area contributed by atoms with Crippen molar-refractivity contribution in [2.75, 3.05) is 6.67 Å². The lowest BCUT2D eigenvalue weighted by Gasteiger charge is -2.35. The molecule has 0 radical (unpaired) electrons. The van der Waals surface area contributed by atoms with Crippen LogP contribution in [0.1, 0.15) is 21.5 Å². The third kappa shape index (κ3) is 2.66. The van der Waals surface area contributed by atoms with Gasteiger partial charge < -0.3 is 4.90 Å². The van der Waals surface area contributed by atoms with Crippen molar-refractivity contribution in [1.82, 2.24) is 4.90 Å². The average molecular weight is 287 g/mol. The van der Waals surface area contributed by atoms with E-state index in [1.54, 1.807) is 0 Å². The van der Waals surface area contributed by atoms with Gasteiger partial charge in [0.25, 0.3) is 5.91 Å². The Morgan fingerprint density at radius 3 is 2.43 bits per heavy atom. The molecule has 0 saturated carbocycles. The molecule has 1 aliphatic rings. The van der Waals surface area contributed by atoms with Gasteiger partial charge in [-0.25, -0.2) is 8.78 Å². The molecule has 108 valence electrons. The number of carbonyl (C=O) groups excluding carboxylic acids is 1. The van der Waals surface area contributed by atoms with Crippen molar-refractivity contribution in [2.24, 2.45) is 0 Å². The maximum atomic E-state index is 13.3. The SMILES string of the molecule is O=C(c1ccc(F)cc1)N1Cc2ccccc2C[C@H]1CF. The first-order valence-corrected chi connectivity index (χ1v) is 6.88. The second-order valence-electron chi connectivity index (χ2n) is 5.22. The Kier molecular flexibility index (Phi) is 3.69. The van der Waals surface area contributed by atoms with E-state index in [4.69, 9.17) is 0 Å². The van der Waals surface area contributed by atoms with Crippen LogP contribution >= 0.6 is 0 Å². The minimum absolute atomic E-state index is 0.257. The Morgan fingerprint density at radius 2 is 1.76 bits per heavy atom. The van der Waals surface area contributed by atoms with Crippen LogP contribution in [0.2, 0.25) is 0 Å². The third-order valence-electron chi connectivity index (χ3n) is 3.89. The van der Waals surface area contributed by atoms with Crippen molar-refractivity contribution in [2.45, 2.75) is 19.0 Å². The highest BCUT2D eigenvalue weighted by atomic mass is 19.1. The third-order valence-corrected chi connectivity index (χ3v) is 3.89. The zero-order valence-electron chi connectivity index (χ0n) is 11.4. The summed E-state index contributed by atoms with van der Waals surface area (Å²) in [5, 5.41) is 0. The molecule has 2 aromatic rings. The lowest BCUT2D eigenvalue weighted by Crippen LogP contribution is -2.45. The Labute approximate surface area is 122 Å². The molecule has 1 amide bonds. The van der Waals surface area contributed by atoms with Crippen LogP contribution in [-0.4, -0.2) is 23.5 Å². The highest BCUT2D eigenvalue weighted by Gasteiger charge is 2.30. The van der Waals surface area contributed by atoms with Crippen LogP contribution in [0.25, 0.3) is 0 Å². The Bertz CT molecular complexity index is 654. The zero-order chi connectivity index (χ0) is 14.8. The van der Waals surface area contributed by atoms with Crippen LogP contribution in [0.3, 0.4) is 0 Å². The van der Waals surface area contributed by atoms with Gasteiger partial charge in [0.05, 0.1) is 6.04 Å². The second-order valence-corrected chi connectivity index (χ2v) is 5.22. The van der Waals surface area contributed by atoms with Crippen molar-refractivity contribution in [3.8, 4) is 0 Å². The number of hydrogen-bond acceptors (Lipinski definition) is 1. The fourth-order valence-electron chi connectivity index (χ4n) is 2.72. The molecule has 1 atom stereocenters. The summed E-state index contributed by atoms with van der Waals surface area (Å²) in [4.78, 5) is 14.1. The molecule has 2 aromatic carbocycles. The standard InChI is InChI=1S/C17H15F2NO/c18-10-16-9-13-3-1-2-4-14(13)11-20(16)17(21)12-5-7-15(19)8-6-12/h1-8,16H,9-11H2/t16-/m0/s1. The van der Waals surface area contributed by atoms with Gasteiger partial charge in [0, 0.05) is 12.1 Å². The van der Waals surface area contributed by atoms with E-state index in [9.17, 15) is 13.6 Å². The Balaban J connectivity index is 1.90. The maximum absolute atomic E-state index is 13.3. The summed E-state index contributed by atoms with van der Waals surface area (Å²) in [5.41, 5.74) is 2.51. The highest BCUT2D eigenvalue weighted by molar-refractivity contribution is 5.94. The number of rotatable bonds is 2. The number of benzene rings is 2. The smallest absolute Gasteiger partial charge is 0.254 e. The quantitative estimate of drug-likeness (QED) is 0.829. The topological polar surface area (TPSA) is 20.3 Å². The van der Waals surface area contributed by atoms with Crippen molar-refractivity contribution >= 4 is 5.91 Å². The van der Waals surface area contributed by atoms with Gasteiger partial charge in [-0.1, -0.05) is 24.3 Å². The lowest BCUT2D eigenvalue weighted by molar-refractivity contribution is 0.0606. The van der Waals surface area contributed by atoms with E-state index in [2.05, 4.69) is 0 Å². The molecular weight excluding hydrogens is 272 g/mol. The van der Waals surface area contributed by atoms with Gasteiger partial charge in [-0.05, 0) is 41.8 Å². The van der Waals surface area contributed by atoms with Crippen LogP contribution < -0.4 is 0 Å². The number of hydrogen-bond donors (Lipinski definition) is 0. The zero-order valence-corrected chi connectivity index (χ0v) is 11.4. The van der Waals surface area contributed by atoms with Crippen molar-refractivity contribution in [1.29, 1.82) is 0 Å². The molecule has 0 N–H and O–H groups in total. The largest absolute Gasteiger partial charge is 0.328 e. The first-order valence-electron chi connectivity index (χ1n) is 6.88. The molecule has 0 aromatic heterocycles. The lowest BCUT2D eigenvalue weighted by atomic mass is 9.94. The first-order chi connectivity index (χ1) is 10.2. The summed E-state index contributed by atoms with van der Waals surface area (Å²) in [6.07, 6.45) is 0.514. The molecule has 1 aliphatic heterocycles. The predicted molar refractivity (Wildman–Crippen MR) is 76.2 cm³/mol. The fraction of sp³-hybridized carbons (Fsp3) is 0.235. The molecule has 2 nitrogen and oxygen atoms in total. The molecular formula is C17H15F2NO. The summed E-state index contributed by atoms with van der Waals surface area (Å²) in [7, 11) is 0. The minimum atomic E-state index is -0.582. The predicted octanol–water partition coefficient (Wildman–Crippen LogP) is 3.36. The van der Waals surface area contributed by atoms with E-state index in [1.165, 1.54) is 29.2 Å². The molecule has 0 aliphatic carbocycles. The number of fused-ring (bicyclic) bond motifs is 1. The molecule has 3 rings (SSSR count). The van der Waals surface area contributed by atoms with Crippen LogP contribution in [0.4, 0.5) is 8.78 Å². The normalized spacial score (nSPS) is 17.4. The Hall–Kier alpha value is -2.23. The monoisotopic (exact) mass is 287 g/mol. The van der Waals surface area contributed by atoms with Gasteiger partial charge in [0.1, 0.15) is 12.5 Å². The van der Waals surface area contributed by atoms with Gasteiger partial charge in [0.15, 0.2) is 0 Å². The van der Waals surface area contributed by atoms with Gasteiger partial charge in [-0.2, -0.15) is 0 Å². The highest BCUT2D eigenvalue weighted by Crippen LogP contribution is 2.25. The summed E-state index contributed by atoms with van der Waals surface area (Å²) in [6, 6.07) is 12.7. The van der Waals surface area contributed by atoms with Crippen LogP contribution in [0.15, 0.2) is 48.5 Å². The molecule has 21 heavy (non-hydrogen) atoms. The van der Waals surface area contributed by atoms with Gasteiger partial charge in [-0.15, -0.1) is 0 Å². The average Bonchev–Trinajstić information content (AvgIpc) is 2.53. The maximum Gasteiger partial charge on any atom is 0.254 e. The summed E-state index contributed by atoms with van der Waals surface area (Å²) < 4.78 is 26.3. The molecule has 0 fully saturated rings. The first kappa shape index (κ1) is 13.7.